The Labute approximate surface area is 171 Å². The third-order valence-electron chi connectivity index (χ3n) is 5.45. The topological polar surface area (TPSA) is 12.9 Å². The average molecular weight is 371 g/mol. The number of allylic oxidation sites excluding steroid dienone is 7. The number of aromatic nitrogens is 1. The summed E-state index contributed by atoms with van der Waals surface area (Å²) in [6.45, 7) is 0. The Morgan fingerprint density at radius 2 is 1.55 bits per heavy atom. The van der Waals surface area contributed by atoms with Crippen LogP contribution in [0.5, 0.6) is 0 Å². The average Bonchev–Trinajstić information content (AvgIpc) is 3.35. The van der Waals surface area contributed by atoms with E-state index >= 15 is 0 Å². The Morgan fingerprint density at radius 3 is 2.24 bits per heavy atom. The number of rotatable bonds is 4. The monoisotopic (exact) mass is 371 g/mol. The smallest absolute Gasteiger partial charge is 0.0722 e. The van der Waals surface area contributed by atoms with Gasteiger partial charge in [-0.25, -0.2) is 4.98 Å². The lowest BCUT2D eigenvalue weighted by Crippen LogP contribution is -2.00. The van der Waals surface area contributed by atoms with Crippen molar-refractivity contribution in [2.75, 3.05) is 0 Å². The predicted molar refractivity (Wildman–Crippen MR) is 121 cm³/mol. The summed E-state index contributed by atoms with van der Waals surface area (Å²) in [6, 6.07) is 25.5. The fraction of sp³-hybridized carbons (Fsp3) is 0.0714. The summed E-state index contributed by atoms with van der Waals surface area (Å²) in [4.78, 5) is 4.93. The zero-order valence-electron chi connectivity index (χ0n) is 16.1. The zero-order valence-corrected chi connectivity index (χ0v) is 16.1. The van der Waals surface area contributed by atoms with Crippen molar-refractivity contribution in [2.24, 2.45) is 0 Å². The van der Waals surface area contributed by atoms with Crippen molar-refractivity contribution >= 4 is 11.1 Å². The molecule has 29 heavy (non-hydrogen) atoms. The van der Waals surface area contributed by atoms with Crippen molar-refractivity contribution in [3.8, 4) is 11.3 Å². The van der Waals surface area contributed by atoms with Crippen LogP contribution in [0.2, 0.25) is 0 Å². The molecule has 3 aromatic rings. The molecule has 0 fully saturated rings. The molecule has 0 radical (unpaired) electrons. The van der Waals surface area contributed by atoms with E-state index in [9.17, 15) is 0 Å². The van der Waals surface area contributed by atoms with Crippen LogP contribution in [0.4, 0.5) is 0 Å². The summed E-state index contributed by atoms with van der Waals surface area (Å²) in [5, 5.41) is 0. The van der Waals surface area contributed by atoms with E-state index in [1.54, 1.807) is 0 Å². The molecular weight excluding hydrogens is 350 g/mol. The van der Waals surface area contributed by atoms with Gasteiger partial charge in [0.15, 0.2) is 0 Å². The van der Waals surface area contributed by atoms with Crippen molar-refractivity contribution < 1.29 is 0 Å². The molecule has 1 heterocycles. The van der Waals surface area contributed by atoms with Crippen LogP contribution in [0, 0.1) is 0 Å². The van der Waals surface area contributed by atoms with Gasteiger partial charge < -0.3 is 0 Å². The zero-order chi connectivity index (χ0) is 19.5. The van der Waals surface area contributed by atoms with Crippen LogP contribution in [-0.4, -0.2) is 4.98 Å². The SMILES string of the molecule is C1=CC=C(c2cc(C3=CCC(c4ccccc4)C=C3)cc(-c3ccccc3)n2)C=1. The minimum atomic E-state index is 0.444. The lowest BCUT2D eigenvalue weighted by Gasteiger charge is -2.18. The Hall–Kier alpha value is -3.67. The van der Waals surface area contributed by atoms with Gasteiger partial charge in [-0.05, 0) is 53.5 Å². The van der Waals surface area contributed by atoms with E-state index in [4.69, 9.17) is 4.98 Å². The van der Waals surface area contributed by atoms with Crippen LogP contribution in [0.25, 0.3) is 22.4 Å². The predicted octanol–water partition coefficient (Wildman–Crippen LogP) is 6.98. The first-order valence-corrected chi connectivity index (χ1v) is 10.0. The van der Waals surface area contributed by atoms with Crippen molar-refractivity contribution in [2.45, 2.75) is 12.3 Å². The van der Waals surface area contributed by atoms with Gasteiger partial charge in [0.05, 0.1) is 11.4 Å². The number of nitrogens with zero attached hydrogens (tertiary/aromatic N) is 1. The van der Waals surface area contributed by atoms with E-state index in [-0.39, 0.29) is 0 Å². The second kappa shape index (κ2) is 7.75. The second-order valence-electron chi connectivity index (χ2n) is 7.36. The summed E-state index contributed by atoms with van der Waals surface area (Å²) < 4.78 is 0. The molecule has 0 N–H and O–H groups in total. The number of pyridine rings is 1. The molecule has 138 valence electrons. The van der Waals surface area contributed by atoms with Crippen LogP contribution in [0.15, 0.2) is 115 Å². The molecule has 0 aliphatic heterocycles. The fourth-order valence-corrected chi connectivity index (χ4v) is 3.87. The molecule has 2 aromatic carbocycles. The molecule has 0 bridgehead atoms. The van der Waals surface area contributed by atoms with E-state index < -0.39 is 0 Å². The second-order valence-corrected chi connectivity index (χ2v) is 7.36. The van der Waals surface area contributed by atoms with Crippen molar-refractivity contribution in [3.05, 3.63) is 132 Å². The summed E-state index contributed by atoms with van der Waals surface area (Å²) in [5.41, 5.74) is 11.2. The normalized spacial score (nSPS) is 17.3. The summed E-state index contributed by atoms with van der Waals surface area (Å²) >= 11 is 0. The Bertz CT molecular complexity index is 1190. The molecular formula is C28H21N. The van der Waals surface area contributed by atoms with Gasteiger partial charge in [-0.1, -0.05) is 78.9 Å². The van der Waals surface area contributed by atoms with Gasteiger partial charge in [0.1, 0.15) is 0 Å². The van der Waals surface area contributed by atoms with Crippen LogP contribution < -0.4 is 0 Å². The van der Waals surface area contributed by atoms with Crippen LogP contribution in [0.1, 0.15) is 29.2 Å². The standard InChI is InChI=1S/C28H21N/c1-3-9-21(10-4-1)22-15-17-23(18-16-22)26-19-27(24-11-5-2-6-12-24)29-28(20-26)25-13-7-8-14-25/h1-7,9-15,17-20,22H,16H2. The van der Waals surface area contributed by atoms with Crippen LogP contribution in [-0.2, 0) is 0 Å². The van der Waals surface area contributed by atoms with Gasteiger partial charge in [0.25, 0.3) is 0 Å². The minimum Gasteiger partial charge on any atom is -0.248 e. The van der Waals surface area contributed by atoms with Gasteiger partial charge >= 0.3 is 0 Å². The lowest BCUT2D eigenvalue weighted by molar-refractivity contribution is 0.856. The maximum atomic E-state index is 4.93. The summed E-state index contributed by atoms with van der Waals surface area (Å²) in [5.74, 6) is 0.444. The van der Waals surface area contributed by atoms with Crippen molar-refractivity contribution in [3.63, 3.8) is 0 Å². The highest BCUT2D eigenvalue weighted by Crippen LogP contribution is 2.33. The first-order valence-electron chi connectivity index (χ1n) is 10.0. The fourth-order valence-electron chi connectivity index (χ4n) is 3.87. The maximum absolute atomic E-state index is 4.93. The lowest BCUT2D eigenvalue weighted by atomic mass is 9.88. The minimum absolute atomic E-state index is 0.444. The van der Waals surface area contributed by atoms with Gasteiger partial charge in [-0.2, -0.15) is 0 Å². The highest BCUT2D eigenvalue weighted by molar-refractivity contribution is 5.83. The van der Waals surface area contributed by atoms with Gasteiger partial charge in [-0.15, -0.1) is 5.73 Å². The molecule has 1 heteroatoms. The molecule has 2 aliphatic rings. The van der Waals surface area contributed by atoms with E-state index in [2.05, 4.69) is 96.8 Å². The Morgan fingerprint density at radius 1 is 0.793 bits per heavy atom. The molecule has 0 saturated carbocycles. The van der Waals surface area contributed by atoms with E-state index in [1.165, 1.54) is 16.7 Å². The molecule has 0 saturated heterocycles. The quantitative estimate of drug-likeness (QED) is 0.451. The Balaban J connectivity index is 1.51. The van der Waals surface area contributed by atoms with Crippen LogP contribution in [0.3, 0.4) is 0 Å². The van der Waals surface area contributed by atoms with E-state index in [1.807, 2.05) is 18.2 Å². The van der Waals surface area contributed by atoms with Gasteiger partial charge in [0, 0.05) is 17.1 Å². The molecule has 1 atom stereocenters. The third kappa shape index (κ3) is 3.69. The van der Waals surface area contributed by atoms with Gasteiger partial charge in [0.2, 0.25) is 0 Å². The largest absolute Gasteiger partial charge is 0.248 e. The summed E-state index contributed by atoms with van der Waals surface area (Å²) in [7, 11) is 0. The van der Waals surface area contributed by atoms with Crippen LogP contribution >= 0.6 is 0 Å². The van der Waals surface area contributed by atoms with Crippen molar-refractivity contribution in [1.82, 2.24) is 4.98 Å². The first kappa shape index (κ1) is 17.4. The first-order chi connectivity index (χ1) is 14.4. The van der Waals surface area contributed by atoms with E-state index in [0.29, 0.717) is 5.92 Å². The van der Waals surface area contributed by atoms with E-state index in [0.717, 1.165) is 28.9 Å². The number of hydrogen-bond acceptors (Lipinski definition) is 1. The molecule has 2 aliphatic carbocycles. The molecule has 0 amide bonds. The highest BCUT2D eigenvalue weighted by atomic mass is 14.7. The summed E-state index contributed by atoms with van der Waals surface area (Å²) in [6.07, 6.45) is 13.9. The maximum Gasteiger partial charge on any atom is 0.0722 e. The van der Waals surface area contributed by atoms with Gasteiger partial charge in [-0.3, -0.25) is 0 Å². The molecule has 5 rings (SSSR count). The molecule has 1 aromatic heterocycles. The molecule has 1 unspecified atom stereocenters. The Kier molecular flexibility index (Phi) is 4.66. The molecule has 0 spiro atoms. The number of benzene rings is 2. The number of hydrogen-bond donors (Lipinski definition) is 0. The highest BCUT2D eigenvalue weighted by Gasteiger charge is 2.14. The third-order valence-corrected chi connectivity index (χ3v) is 5.45. The molecule has 1 nitrogen and oxygen atoms in total. The van der Waals surface area contributed by atoms with Crippen molar-refractivity contribution in [1.29, 1.82) is 0 Å².